The molecule has 3 aliphatic rings. The summed E-state index contributed by atoms with van der Waals surface area (Å²) in [5, 5.41) is 12.9. The number of methoxy groups -OCH3 is 1. The van der Waals surface area contributed by atoms with Crippen LogP contribution in [0.15, 0.2) is 29.4 Å². The lowest BCUT2D eigenvalue weighted by Gasteiger charge is -2.35. The molecule has 2 aliphatic heterocycles. The first-order chi connectivity index (χ1) is 21.8. The third kappa shape index (κ3) is 8.75. The lowest BCUT2D eigenvalue weighted by Crippen LogP contribution is -2.59. The molecular formula is C32H44ClN5O8. The monoisotopic (exact) mass is 661 g/mol. The zero-order valence-electron chi connectivity index (χ0n) is 27.0. The fourth-order valence-electron chi connectivity index (χ4n) is 5.61. The molecule has 0 aromatic heterocycles. The summed E-state index contributed by atoms with van der Waals surface area (Å²) in [5.74, 6) is -2.60. The number of rotatable bonds is 13. The van der Waals surface area contributed by atoms with Crippen LogP contribution in [0.3, 0.4) is 0 Å². The lowest BCUT2D eigenvalue weighted by molar-refractivity contribution is -0.144. The van der Waals surface area contributed by atoms with Crippen LogP contribution in [0.2, 0.25) is 5.02 Å². The maximum Gasteiger partial charge on any atom is 0.407 e. The Balaban J connectivity index is 1.59. The summed E-state index contributed by atoms with van der Waals surface area (Å²) in [6, 6.07) is 3.88. The van der Waals surface area contributed by atoms with Crippen molar-refractivity contribution >= 4 is 46.9 Å². The number of oxime groups is 1. The molecule has 0 bridgehead atoms. The second-order valence-electron chi connectivity index (χ2n) is 13.2. The number of carbonyl (C=O) groups excluding carboxylic acids is 5. The van der Waals surface area contributed by atoms with Crippen LogP contribution in [0.5, 0.6) is 0 Å². The molecule has 1 saturated carbocycles. The van der Waals surface area contributed by atoms with E-state index in [-0.39, 0.29) is 45.1 Å². The van der Waals surface area contributed by atoms with Gasteiger partial charge in [0.2, 0.25) is 17.6 Å². The number of nitrogens with zero attached hydrogens (tertiary/aromatic N) is 2. The van der Waals surface area contributed by atoms with Gasteiger partial charge in [-0.2, -0.15) is 0 Å². The number of hydrogen-bond donors (Lipinski definition) is 3. The predicted molar refractivity (Wildman–Crippen MR) is 169 cm³/mol. The minimum absolute atomic E-state index is 0.0100. The summed E-state index contributed by atoms with van der Waals surface area (Å²) in [6.45, 7) is 7.36. The van der Waals surface area contributed by atoms with E-state index in [9.17, 15) is 24.0 Å². The summed E-state index contributed by atoms with van der Waals surface area (Å²) in [4.78, 5) is 74.0. The van der Waals surface area contributed by atoms with Crippen molar-refractivity contribution < 1.29 is 38.3 Å². The van der Waals surface area contributed by atoms with Crippen molar-refractivity contribution in [3.63, 3.8) is 0 Å². The van der Waals surface area contributed by atoms with Gasteiger partial charge in [0.1, 0.15) is 18.7 Å². The molecule has 0 unspecified atom stereocenters. The van der Waals surface area contributed by atoms with Gasteiger partial charge in [-0.05, 0) is 36.8 Å². The van der Waals surface area contributed by atoms with Crippen LogP contribution in [0, 0.1) is 5.41 Å². The fourth-order valence-corrected chi connectivity index (χ4v) is 5.80. The summed E-state index contributed by atoms with van der Waals surface area (Å²) < 4.78 is 10.1. The first-order valence-corrected chi connectivity index (χ1v) is 16.0. The molecule has 1 aliphatic carbocycles. The van der Waals surface area contributed by atoms with Gasteiger partial charge in [0, 0.05) is 36.6 Å². The van der Waals surface area contributed by atoms with Gasteiger partial charge in [-0.25, -0.2) is 4.79 Å². The first kappa shape index (κ1) is 35.1. The number of hydrogen-bond acceptors (Lipinski definition) is 9. The number of ketones is 1. The predicted octanol–water partition coefficient (Wildman–Crippen LogP) is 2.72. The van der Waals surface area contributed by atoms with E-state index in [1.807, 2.05) is 13.0 Å². The number of nitrogens with one attached hydrogen (secondary N) is 3. The maximum atomic E-state index is 14.3. The second kappa shape index (κ2) is 14.8. The molecule has 13 nitrogen and oxygen atoms in total. The highest BCUT2D eigenvalue weighted by Crippen LogP contribution is 2.40. The Morgan fingerprint density at radius 1 is 1.15 bits per heavy atom. The zero-order valence-corrected chi connectivity index (χ0v) is 27.8. The molecule has 0 radical (unpaired) electrons. The summed E-state index contributed by atoms with van der Waals surface area (Å²) in [5.41, 5.74) is -0.476. The molecule has 2 heterocycles. The van der Waals surface area contributed by atoms with Gasteiger partial charge in [0.15, 0.2) is 5.60 Å². The van der Waals surface area contributed by atoms with Crippen molar-refractivity contribution in [1.82, 2.24) is 20.9 Å². The summed E-state index contributed by atoms with van der Waals surface area (Å²) in [6.07, 6.45) is 1.95. The molecule has 2 fully saturated rings. The Hall–Kier alpha value is -3.71. The summed E-state index contributed by atoms with van der Waals surface area (Å²) >= 11 is 6.21. The molecule has 4 amide bonds. The Bertz CT molecular complexity index is 1360. The minimum atomic E-state index is -1.09. The van der Waals surface area contributed by atoms with Gasteiger partial charge in [-0.1, -0.05) is 63.0 Å². The topological polar surface area (TPSA) is 165 Å². The van der Waals surface area contributed by atoms with Crippen LogP contribution in [0.1, 0.15) is 71.8 Å². The molecule has 4 atom stereocenters. The highest BCUT2D eigenvalue weighted by molar-refractivity contribution is 6.38. The van der Waals surface area contributed by atoms with Gasteiger partial charge < -0.3 is 35.2 Å². The van der Waals surface area contributed by atoms with E-state index in [0.717, 1.165) is 18.4 Å². The molecule has 14 heteroatoms. The Labute approximate surface area is 274 Å². The van der Waals surface area contributed by atoms with Crippen molar-refractivity contribution in [3.05, 3.63) is 34.9 Å². The van der Waals surface area contributed by atoms with Crippen molar-refractivity contribution in [1.29, 1.82) is 0 Å². The quantitative estimate of drug-likeness (QED) is 0.215. The average molecular weight is 662 g/mol. The number of ether oxygens (including phenoxy) is 2. The molecule has 46 heavy (non-hydrogen) atoms. The van der Waals surface area contributed by atoms with Crippen LogP contribution in [0.4, 0.5) is 4.79 Å². The van der Waals surface area contributed by atoms with Crippen LogP contribution < -0.4 is 16.0 Å². The number of amides is 4. The number of halogens is 1. The SMILES string of the molecule is CCC[C@H](NC(=O)[C@@H]1C[C@]2(CC(c3cccc(Cl)c3)=NO2)CN1C(=O)[C@@H](NC(=O)OCCOC)C(C)(C)C)C(=O)C(=O)NC1CC1. The third-order valence-corrected chi connectivity index (χ3v) is 8.46. The lowest BCUT2D eigenvalue weighted by atomic mass is 9.85. The maximum absolute atomic E-state index is 14.3. The van der Waals surface area contributed by atoms with Crippen LogP contribution in [-0.4, -0.2) is 96.8 Å². The second-order valence-corrected chi connectivity index (χ2v) is 13.7. The summed E-state index contributed by atoms with van der Waals surface area (Å²) in [7, 11) is 1.47. The Morgan fingerprint density at radius 3 is 2.52 bits per heavy atom. The smallest absolute Gasteiger partial charge is 0.407 e. The van der Waals surface area contributed by atoms with E-state index in [1.165, 1.54) is 12.0 Å². The molecular weight excluding hydrogens is 618 g/mol. The minimum Gasteiger partial charge on any atom is -0.447 e. The molecule has 1 aromatic carbocycles. The normalized spacial score (nSPS) is 22.0. The standard InChI is InChI=1S/C32H44ClN5O8/c1-6-8-22(25(39)28(41)34-21-11-12-21)35-27(40)24-17-32(16-23(37-46-32)19-9-7-10-20(33)15-19)18-38(24)29(42)26(31(2,3)4)36-30(43)45-14-13-44-5/h7,9-10,15,21-22,24,26H,6,8,11-14,16-18H2,1-5H3,(H,34,41)(H,35,40)(H,36,43)/t22-,24-,26+,32+/m0/s1. The molecule has 4 rings (SSSR count). The molecule has 1 saturated heterocycles. The molecule has 1 aromatic rings. The number of benzene rings is 1. The van der Waals surface area contributed by atoms with E-state index in [4.69, 9.17) is 25.9 Å². The van der Waals surface area contributed by atoms with Crippen LogP contribution in [0.25, 0.3) is 0 Å². The first-order valence-electron chi connectivity index (χ1n) is 15.7. The third-order valence-electron chi connectivity index (χ3n) is 8.23. The van der Waals surface area contributed by atoms with Crippen molar-refractivity contribution in [3.8, 4) is 0 Å². The number of likely N-dealkylation sites (tertiary alicyclic amines) is 1. The molecule has 252 valence electrons. The van der Waals surface area contributed by atoms with Crippen molar-refractivity contribution in [2.75, 3.05) is 26.9 Å². The van der Waals surface area contributed by atoms with E-state index >= 15 is 0 Å². The zero-order chi connectivity index (χ0) is 33.6. The fraction of sp³-hybridized carbons (Fsp3) is 0.625. The number of carbonyl (C=O) groups is 5. The van der Waals surface area contributed by atoms with Gasteiger partial charge in [0.05, 0.1) is 24.9 Å². The number of alkyl carbamates (subject to hydrolysis) is 1. The Morgan fingerprint density at radius 2 is 1.89 bits per heavy atom. The molecule has 3 N–H and O–H groups in total. The van der Waals surface area contributed by atoms with Crippen LogP contribution >= 0.6 is 11.6 Å². The largest absolute Gasteiger partial charge is 0.447 e. The van der Waals surface area contributed by atoms with Crippen LogP contribution in [-0.2, 0) is 33.5 Å². The van der Waals surface area contributed by atoms with E-state index in [1.54, 1.807) is 39.0 Å². The van der Waals surface area contributed by atoms with Gasteiger partial charge >= 0.3 is 6.09 Å². The van der Waals surface area contributed by atoms with E-state index < -0.39 is 58.7 Å². The van der Waals surface area contributed by atoms with Gasteiger partial charge in [-0.15, -0.1) is 0 Å². The van der Waals surface area contributed by atoms with Crippen molar-refractivity contribution in [2.45, 2.75) is 96.0 Å². The molecule has 1 spiro atoms. The van der Waals surface area contributed by atoms with Gasteiger partial charge in [0.25, 0.3) is 5.91 Å². The highest BCUT2D eigenvalue weighted by Gasteiger charge is 2.55. The van der Waals surface area contributed by atoms with Crippen molar-refractivity contribution in [2.24, 2.45) is 10.6 Å². The van der Waals surface area contributed by atoms with E-state index in [0.29, 0.717) is 17.2 Å². The Kier molecular flexibility index (Phi) is 11.3. The average Bonchev–Trinajstić information content (AvgIpc) is 3.59. The van der Waals surface area contributed by atoms with E-state index in [2.05, 4.69) is 21.1 Å². The number of Topliss-reactive ketones (excluding diaryl/α,β-unsaturated/α-hetero) is 1. The highest BCUT2D eigenvalue weighted by atomic mass is 35.5. The van der Waals surface area contributed by atoms with Gasteiger partial charge in [-0.3, -0.25) is 19.2 Å².